The second-order valence-electron chi connectivity index (χ2n) is 4.63. The molecule has 1 aromatic rings. The van der Waals surface area contributed by atoms with E-state index in [2.05, 4.69) is 36.2 Å². The maximum Gasteiger partial charge on any atom is 0.270 e. The summed E-state index contributed by atoms with van der Waals surface area (Å²) in [6.45, 7) is 1.33. The van der Waals surface area contributed by atoms with Crippen molar-refractivity contribution in [3.63, 3.8) is 0 Å². The molecule has 1 saturated carbocycles. The van der Waals surface area contributed by atoms with Gasteiger partial charge in [-0.25, -0.2) is 13.1 Å². The first-order chi connectivity index (χ1) is 9.42. The fourth-order valence-electron chi connectivity index (χ4n) is 2.15. The number of carbonyl (C=O) groups excluding carboxylic acids is 1. The SMILES string of the molecule is CC(=O)Nc1nnc(S(=O)(=O)NC2CCCC2CBr)s1. The minimum absolute atomic E-state index is 0.0764. The molecule has 0 saturated heterocycles. The van der Waals surface area contributed by atoms with Gasteiger partial charge in [0.2, 0.25) is 15.4 Å². The van der Waals surface area contributed by atoms with E-state index >= 15 is 0 Å². The zero-order valence-electron chi connectivity index (χ0n) is 10.8. The molecule has 1 aliphatic carbocycles. The van der Waals surface area contributed by atoms with Crippen molar-refractivity contribution >= 4 is 48.3 Å². The maximum atomic E-state index is 12.2. The Labute approximate surface area is 129 Å². The van der Waals surface area contributed by atoms with E-state index in [1.807, 2.05) is 0 Å². The molecule has 2 unspecified atom stereocenters. The lowest BCUT2D eigenvalue weighted by Crippen LogP contribution is -2.37. The third kappa shape index (κ3) is 3.74. The monoisotopic (exact) mass is 382 g/mol. The third-order valence-electron chi connectivity index (χ3n) is 3.08. The fraction of sp³-hybridized carbons (Fsp3) is 0.700. The van der Waals surface area contributed by atoms with Crippen LogP contribution in [0.25, 0.3) is 0 Å². The lowest BCUT2D eigenvalue weighted by Gasteiger charge is -2.17. The van der Waals surface area contributed by atoms with Crippen molar-refractivity contribution in [3.05, 3.63) is 0 Å². The molecular formula is C10H15BrN4O3S2. The van der Waals surface area contributed by atoms with E-state index < -0.39 is 10.0 Å². The standard InChI is InChI=1S/C10H15BrN4O3S2/c1-6(16)12-9-13-14-10(19-9)20(17,18)15-8-4-2-3-7(8)5-11/h7-8,15H,2-5H2,1H3,(H,12,13,16). The second kappa shape index (κ2) is 6.46. The Balaban J connectivity index is 2.10. The van der Waals surface area contributed by atoms with Gasteiger partial charge >= 0.3 is 0 Å². The Morgan fingerprint density at radius 2 is 2.20 bits per heavy atom. The number of aromatic nitrogens is 2. The van der Waals surface area contributed by atoms with Crippen LogP contribution in [0.5, 0.6) is 0 Å². The topological polar surface area (TPSA) is 101 Å². The number of sulfonamides is 1. The van der Waals surface area contributed by atoms with Gasteiger partial charge in [0.1, 0.15) is 0 Å². The summed E-state index contributed by atoms with van der Waals surface area (Å²) in [5.41, 5.74) is 0. The number of halogens is 1. The zero-order valence-corrected chi connectivity index (χ0v) is 14.0. The van der Waals surface area contributed by atoms with Crippen LogP contribution in [0.4, 0.5) is 5.13 Å². The largest absolute Gasteiger partial charge is 0.301 e. The van der Waals surface area contributed by atoms with E-state index in [0.29, 0.717) is 5.92 Å². The molecule has 0 aliphatic heterocycles. The summed E-state index contributed by atoms with van der Waals surface area (Å²) < 4.78 is 27.0. The minimum Gasteiger partial charge on any atom is -0.301 e. The molecule has 10 heteroatoms. The maximum absolute atomic E-state index is 12.2. The van der Waals surface area contributed by atoms with Crippen molar-refractivity contribution < 1.29 is 13.2 Å². The van der Waals surface area contributed by atoms with Gasteiger partial charge in [0, 0.05) is 18.3 Å². The van der Waals surface area contributed by atoms with Gasteiger partial charge in [0.05, 0.1) is 0 Å². The molecule has 1 aromatic heterocycles. The summed E-state index contributed by atoms with van der Waals surface area (Å²) in [5.74, 6) is -0.0132. The van der Waals surface area contributed by atoms with E-state index in [1.54, 1.807) is 0 Å². The van der Waals surface area contributed by atoms with Gasteiger partial charge in [-0.1, -0.05) is 33.7 Å². The molecule has 1 fully saturated rings. The number of nitrogens with zero attached hydrogens (tertiary/aromatic N) is 2. The van der Waals surface area contributed by atoms with Gasteiger partial charge < -0.3 is 5.32 Å². The number of amides is 1. The highest BCUT2D eigenvalue weighted by Crippen LogP contribution is 2.29. The number of hydrogen-bond donors (Lipinski definition) is 2. The van der Waals surface area contributed by atoms with Crippen molar-refractivity contribution in [2.24, 2.45) is 5.92 Å². The van der Waals surface area contributed by atoms with Crippen molar-refractivity contribution in [1.82, 2.24) is 14.9 Å². The molecule has 112 valence electrons. The van der Waals surface area contributed by atoms with Crippen LogP contribution in [0, 0.1) is 5.92 Å². The second-order valence-corrected chi connectivity index (χ2v) is 8.14. The number of carbonyl (C=O) groups is 1. The summed E-state index contributed by atoms with van der Waals surface area (Å²) in [4.78, 5) is 10.9. The number of hydrogen-bond acceptors (Lipinski definition) is 6. The van der Waals surface area contributed by atoms with Gasteiger partial charge in [-0.05, 0) is 18.8 Å². The summed E-state index contributed by atoms with van der Waals surface area (Å²) in [7, 11) is -3.68. The lowest BCUT2D eigenvalue weighted by atomic mass is 10.1. The van der Waals surface area contributed by atoms with E-state index in [9.17, 15) is 13.2 Å². The Kier molecular flexibility index (Phi) is 5.10. The average molecular weight is 383 g/mol. The summed E-state index contributed by atoms with van der Waals surface area (Å²) in [5, 5.41) is 10.6. The van der Waals surface area contributed by atoms with Crippen molar-refractivity contribution in [1.29, 1.82) is 0 Å². The van der Waals surface area contributed by atoms with Crippen LogP contribution >= 0.6 is 27.3 Å². The Morgan fingerprint density at radius 1 is 1.45 bits per heavy atom. The van der Waals surface area contributed by atoms with E-state index in [-0.39, 0.29) is 21.4 Å². The van der Waals surface area contributed by atoms with Gasteiger partial charge in [-0.3, -0.25) is 4.79 Å². The van der Waals surface area contributed by atoms with Gasteiger partial charge in [0.15, 0.2) is 0 Å². The summed E-state index contributed by atoms with van der Waals surface area (Å²) in [6.07, 6.45) is 2.84. The molecule has 7 nitrogen and oxygen atoms in total. The van der Waals surface area contributed by atoms with E-state index in [0.717, 1.165) is 35.9 Å². The van der Waals surface area contributed by atoms with Crippen LogP contribution in [0.15, 0.2) is 4.34 Å². The molecule has 2 rings (SSSR count). The van der Waals surface area contributed by atoms with Crippen LogP contribution < -0.4 is 10.0 Å². The van der Waals surface area contributed by atoms with Crippen LogP contribution in [0.3, 0.4) is 0 Å². The fourth-order valence-corrected chi connectivity index (χ4v) is 5.22. The highest BCUT2D eigenvalue weighted by Gasteiger charge is 2.32. The predicted octanol–water partition coefficient (Wildman–Crippen LogP) is 1.34. The number of alkyl halides is 1. The molecule has 1 heterocycles. The lowest BCUT2D eigenvalue weighted by molar-refractivity contribution is -0.114. The van der Waals surface area contributed by atoms with Crippen molar-refractivity contribution in [2.75, 3.05) is 10.6 Å². The molecule has 20 heavy (non-hydrogen) atoms. The van der Waals surface area contributed by atoms with E-state index in [4.69, 9.17) is 0 Å². The summed E-state index contributed by atoms with van der Waals surface area (Å²) >= 11 is 4.25. The zero-order chi connectivity index (χ0) is 14.8. The molecule has 2 atom stereocenters. The Bertz CT molecular complexity index is 589. The number of anilines is 1. The highest BCUT2D eigenvalue weighted by atomic mass is 79.9. The van der Waals surface area contributed by atoms with Crippen LogP contribution in [-0.2, 0) is 14.8 Å². The number of rotatable bonds is 5. The predicted molar refractivity (Wildman–Crippen MR) is 79.5 cm³/mol. The quantitative estimate of drug-likeness (QED) is 0.590. The molecule has 0 aromatic carbocycles. The van der Waals surface area contributed by atoms with Crippen molar-refractivity contribution in [3.8, 4) is 0 Å². The molecule has 1 amide bonds. The van der Waals surface area contributed by atoms with Crippen LogP contribution in [0.1, 0.15) is 26.2 Å². The first-order valence-corrected chi connectivity index (χ1v) is 9.54. The molecule has 2 N–H and O–H groups in total. The van der Waals surface area contributed by atoms with Crippen molar-refractivity contribution in [2.45, 2.75) is 36.6 Å². The number of nitrogens with one attached hydrogen (secondary N) is 2. The Morgan fingerprint density at radius 3 is 2.85 bits per heavy atom. The highest BCUT2D eigenvalue weighted by molar-refractivity contribution is 9.09. The third-order valence-corrected chi connectivity index (χ3v) is 6.61. The molecular weight excluding hydrogens is 368 g/mol. The van der Waals surface area contributed by atoms with E-state index in [1.165, 1.54) is 6.92 Å². The average Bonchev–Trinajstić information content (AvgIpc) is 2.97. The first kappa shape index (κ1) is 15.8. The summed E-state index contributed by atoms with van der Waals surface area (Å²) in [6, 6.07) is -0.0764. The van der Waals surface area contributed by atoms with Gasteiger partial charge in [-0.15, -0.1) is 10.2 Å². The molecule has 0 spiro atoms. The molecule has 0 bridgehead atoms. The van der Waals surface area contributed by atoms with Crippen LogP contribution in [-0.4, -0.2) is 35.9 Å². The Hall–Kier alpha value is -0.580. The normalized spacial score (nSPS) is 22.9. The smallest absolute Gasteiger partial charge is 0.270 e. The molecule has 1 aliphatic rings. The minimum atomic E-state index is -3.68. The van der Waals surface area contributed by atoms with Gasteiger partial charge in [0.25, 0.3) is 10.0 Å². The first-order valence-electron chi connectivity index (χ1n) is 6.12. The van der Waals surface area contributed by atoms with Crippen LogP contribution in [0.2, 0.25) is 0 Å². The molecule has 0 radical (unpaired) electrons. The van der Waals surface area contributed by atoms with Gasteiger partial charge in [-0.2, -0.15) is 0 Å².